The van der Waals surface area contributed by atoms with E-state index in [1.807, 2.05) is 12.1 Å². The molecule has 1 unspecified atom stereocenters. The topological polar surface area (TPSA) is 39.7 Å². The summed E-state index contributed by atoms with van der Waals surface area (Å²) in [6.07, 6.45) is 1.87. The molecule has 5 heteroatoms. The van der Waals surface area contributed by atoms with Crippen molar-refractivity contribution in [2.75, 3.05) is 27.4 Å². The molecule has 0 saturated carbocycles. The summed E-state index contributed by atoms with van der Waals surface area (Å²) in [7, 11) is 3.30. The average Bonchev–Trinajstić information content (AvgIpc) is 2.62. The van der Waals surface area contributed by atoms with E-state index in [1.165, 1.54) is 5.56 Å². The summed E-state index contributed by atoms with van der Waals surface area (Å²) in [5.74, 6) is 0.954. The number of nitrogens with one attached hydrogen (secondary N) is 1. The molecule has 0 amide bonds. The highest BCUT2D eigenvalue weighted by atomic mass is 79.9. The Morgan fingerprint density at radius 2 is 2.21 bits per heavy atom. The third-order valence-electron chi connectivity index (χ3n) is 3.30. The van der Waals surface area contributed by atoms with Crippen molar-refractivity contribution in [3.8, 4) is 5.75 Å². The number of ether oxygens (including phenoxy) is 3. The third-order valence-corrected chi connectivity index (χ3v) is 3.80. The standard InChI is InChI=1S/C14H20BrNO3/c1-17-14(18-2)9-16-12-4-3-7-19-13-8-10(15)5-6-11(12)13/h5-6,8,12,14,16H,3-4,7,9H2,1-2H3. The Bertz CT molecular complexity index is 410. The van der Waals surface area contributed by atoms with Crippen LogP contribution in [0.3, 0.4) is 0 Å². The lowest BCUT2D eigenvalue weighted by Crippen LogP contribution is -2.32. The second kappa shape index (κ2) is 7.24. The molecule has 106 valence electrons. The first-order valence-corrected chi connectivity index (χ1v) is 7.25. The van der Waals surface area contributed by atoms with Crippen molar-refractivity contribution >= 4 is 15.9 Å². The molecule has 0 aromatic heterocycles. The van der Waals surface area contributed by atoms with Crippen molar-refractivity contribution in [2.24, 2.45) is 0 Å². The molecule has 1 atom stereocenters. The molecule has 19 heavy (non-hydrogen) atoms. The number of benzene rings is 1. The van der Waals surface area contributed by atoms with Crippen LogP contribution in [0.4, 0.5) is 0 Å². The van der Waals surface area contributed by atoms with Crippen LogP contribution in [0, 0.1) is 0 Å². The highest BCUT2D eigenvalue weighted by Crippen LogP contribution is 2.33. The first-order chi connectivity index (χ1) is 9.24. The van der Waals surface area contributed by atoms with Gasteiger partial charge in [0.05, 0.1) is 6.61 Å². The van der Waals surface area contributed by atoms with Crippen molar-refractivity contribution < 1.29 is 14.2 Å². The van der Waals surface area contributed by atoms with Crippen molar-refractivity contribution in [2.45, 2.75) is 25.2 Å². The number of hydrogen-bond donors (Lipinski definition) is 1. The summed E-state index contributed by atoms with van der Waals surface area (Å²) in [5, 5.41) is 3.49. The van der Waals surface area contributed by atoms with Gasteiger partial charge in [0.1, 0.15) is 5.75 Å². The second-order valence-electron chi connectivity index (χ2n) is 4.53. The minimum atomic E-state index is -0.219. The monoisotopic (exact) mass is 329 g/mol. The predicted molar refractivity (Wildman–Crippen MR) is 77.4 cm³/mol. The minimum absolute atomic E-state index is 0.219. The van der Waals surface area contributed by atoms with Gasteiger partial charge in [0, 0.05) is 36.8 Å². The molecular weight excluding hydrogens is 310 g/mol. The van der Waals surface area contributed by atoms with Gasteiger partial charge in [-0.25, -0.2) is 0 Å². The van der Waals surface area contributed by atoms with Crippen molar-refractivity contribution in [3.05, 3.63) is 28.2 Å². The molecule has 1 heterocycles. The van der Waals surface area contributed by atoms with Crippen LogP contribution in [-0.4, -0.2) is 33.7 Å². The Hall–Kier alpha value is -0.620. The van der Waals surface area contributed by atoms with E-state index >= 15 is 0 Å². The van der Waals surface area contributed by atoms with Gasteiger partial charge in [0.25, 0.3) is 0 Å². The summed E-state index contributed by atoms with van der Waals surface area (Å²) in [5.41, 5.74) is 1.20. The lowest BCUT2D eigenvalue weighted by Gasteiger charge is -2.21. The van der Waals surface area contributed by atoms with Gasteiger partial charge in [-0.15, -0.1) is 0 Å². The largest absolute Gasteiger partial charge is 0.493 e. The first kappa shape index (κ1) is 14.8. The Kier molecular flexibility index (Phi) is 5.63. The fourth-order valence-corrected chi connectivity index (χ4v) is 2.60. The van der Waals surface area contributed by atoms with E-state index in [9.17, 15) is 0 Å². The zero-order chi connectivity index (χ0) is 13.7. The Morgan fingerprint density at radius 1 is 1.42 bits per heavy atom. The molecule has 0 fully saturated rings. The van der Waals surface area contributed by atoms with Crippen molar-refractivity contribution in [3.63, 3.8) is 0 Å². The molecule has 0 aliphatic carbocycles. The lowest BCUT2D eigenvalue weighted by molar-refractivity contribution is -0.1000. The van der Waals surface area contributed by atoms with Gasteiger partial charge in [-0.1, -0.05) is 22.0 Å². The van der Waals surface area contributed by atoms with Gasteiger partial charge in [-0.05, 0) is 25.0 Å². The van der Waals surface area contributed by atoms with E-state index in [2.05, 4.69) is 27.3 Å². The number of rotatable bonds is 5. The van der Waals surface area contributed by atoms with E-state index in [0.717, 1.165) is 29.7 Å². The number of halogens is 1. The minimum Gasteiger partial charge on any atom is -0.493 e. The average molecular weight is 330 g/mol. The molecule has 1 aliphatic heterocycles. The van der Waals surface area contributed by atoms with Gasteiger partial charge < -0.3 is 19.5 Å². The molecule has 2 rings (SSSR count). The molecule has 4 nitrogen and oxygen atoms in total. The molecule has 1 aromatic rings. The summed E-state index contributed by atoms with van der Waals surface area (Å²) < 4.78 is 17.2. The summed E-state index contributed by atoms with van der Waals surface area (Å²) in [4.78, 5) is 0. The zero-order valence-corrected chi connectivity index (χ0v) is 12.9. The van der Waals surface area contributed by atoms with Crippen LogP contribution in [0.2, 0.25) is 0 Å². The maximum atomic E-state index is 5.79. The van der Waals surface area contributed by atoms with Crippen LogP contribution in [-0.2, 0) is 9.47 Å². The number of fused-ring (bicyclic) bond motifs is 1. The SMILES string of the molecule is COC(CNC1CCCOc2cc(Br)ccc21)OC. The second-order valence-corrected chi connectivity index (χ2v) is 5.45. The molecule has 0 saturated heterocycles. The van der Waals surface area contributed by atoms with E-state index < -0.39 is 0 Å². The van der Waals surface area contributed by atoms with Gasteiger partial charge in [-0.2, -0.15) is 0 Å². The van der Waals surface area contributed by atoms with E-state index in [0.29, 0.717) is 6.54 Å². The highest BCUT2D eigenvalue weighted by molar-refractivity contribution is 9.10. The maximum Gasteiger partial charge on any atom is 0.169 e. The normalized spacial score (nSPS) is 18.8. The quantitative estimate of drug-likeness (QED) is 0.843. The van der Waals surface area contributed by atoms with Crippen LogP contribution in [0.15, 0.2) is 22.7 Å². The fourth-order valence-electron chi connectivity index (χ4n) is 2.26. The molecular formula is C14H20BrNO3. The number of methoxy groups -OCH3 is 2. The smallest absolute Gasteiger partial charge is 0.169 e. The molecule has 0 radical (unpaired) electrons. The first-order valence-electron chi connectivity index (χ1n) is 6.46. The highest BCUT2D eigenvalue weighted by Gasteiger charge is 2.20. The van der Waals surface area contributed by atoms with Crippen LogP contribution >= 0.6 is 15.9 Å². The van der Waals surface area contributed by atoms with Gasteiger partial charge >= 0.3 is 0 Å². The summed E-state index contributed by atoms with van der Waals surface area (Å²) in [6.45, 7) is 1.42. The fraction of sp³-hybridized carbons (Fsp3) is 0.571. The van der Waals surface area contributed by atoms with Crippen molar-refractivity contribution in [1.29, 1.82) is 0 Å². The molecule has 1 aliphatic rings. The molecule has 0 spiro atoms. The predicted octanol–water partition coefficient (Wildman–Crippen LogP) is 2.87. The maximum absolute atomic E-state index is 5.79. The van der Waals surface area contributed by atoms with Crippen LogP contribution in [0.5, 0.6) is 5.75 Å². The van der Waals surface area contributed by atoms with E-state index in [4.69, 9.17) is 14.2 Å². The van der Waals surface area contributed by atoms with E-state index in [-0.39, 0.29) is 12.3 Å². The Morgan fingerprint density at radius 3 is 2.95 bits per heavy atom. The Labute approximate surface area is 122 Å². The summed E-state index contributed by atoms with van der Waals surface area (Å²) in [6, 6.07) is 6.46. The summed E-state index contributed by atoms with van der Waals surface area (Å²) >= 11 is 3.48. The zero-order valence-electron chi connectivity index (χ0n) is 11.3. The van der Waals surface area contributed by atoms with Gasteiger partial charge in [0.2, 0.25) is 0 Å². The van der Waals surface area contributed by atoms with E-state index in [1.54, 1.807) is 14.2 Å². The van der Waals surface area contributed by atoms with Gasteiger partial charge in [0.15, 0.2) is 6.29 Å². The molecule has 0 bridgehead atoms. The third kappa shape index (κ3) is 3.92. The lowest BCUT2D eigenvalue weighted by atomic mass is 10.0. The van der Waals surface area contributed by atoms with Crippen molar-refractivity contribution in [1.82, 2.24) is 5.32 Å². The van der Waals surface area contributed by atoms with Crippen LogP contribution in [0.1, 0.15) is 24.4 Å². The van der Waals surface area contributed by atoms with Gasteiger partial charge in [-0.3, -0.25) is 0 Å². The van der Waals surface area contributed by atoms with Crippen LogP contribution < -0.4 is 10.1 Å². The number of hydrogen-bond acceptors (Lipinski definition) is 4. The Balaban J connectivity index is 2.09. The molecule has 1 aromatic carbocycles. The molecule has 1 N–H and O–H groups in total. The van der Waals surface area contributed by atoms with Crippen LogP contribution in [0.25, 0.3) is 0 Å².